The first-order valence-corrected chi connectivity index (χ1v) is 10.5. The fourth-order valence-electron chi connectivity index (χ4n) is 2.76. The van der Waals surface area contributed by atoms with E-state index in [2.05, 4.69) is 38.1 Å². The normalized spacial score (nSPS) is 13.4. The van der Waals surface area contributed by atoms with Crippen molar-refractivity contribution in [2.24, 2.45) is 11.7 Å². The summed E-state index contributed by atoms with van der Waals surface area (Å²) in [4.78, 5) is 0. The highest BCUT2D eigenvalue weighted by molar-refractivity contribution is 6.60. The average Bonchev–Trinajstić information content (AvgIpc) is 2.47. The molecule has 0 aliphatic heterocycles. The van der Waals surface area contributed by atoms with Gasteiger partial charge in [-0.15, -0.1) is 12.4 Å². The molecule has 24 heavy (non-hydrogen) atoms. The van der Waals surface area contributed by atoms with Crippen LogP contribution in [0.25, 0.3) is 0 Å². The van der Waals surface area contributed by atoms with Gasteiger partial charge in [0.1, 0.15) is 0 Å². The maximum absolute atomic E-state index is 6.48. The van der Waals surface area contributed by atoms with E-state index in [1.54, 1.807) is 0 Å². The summed E-state index contributed by atoms with van der Waals surface area (Å²) >= 11 is 0. The van der Waals surface area contributed by atoms with Gasteiger partial charge < -0.3 is 19.0 Å². The fourth-order valence-corrected chi connectivity index (χ4v) is 5.96. The van der Waals surface area contributed by atoms with E-state index in [-0.39, 0.29) is 23.9 Å². The maximum Gasteiger partial charge on any atom is 0.501 e. The molecule has 0 fully saturated rings. The van der Waals surface area contributed by atoms with Crippen LogP contribution in [0.15, 0.2) is 30.3 Å². The Bertz CT molecular complexity index is 423. The molecule has 0 radical (unpaired) electrons. The third-order valence-corrected chi connectivity index (χ3v) is 7.14. The van der Waals surface area contributed by atoms with E-state index in [4.69, 9.17) is 19.0 Å². The number of halogens is 1. The van der Waals surface area contributed by atoms with E-state index in [0.29, 0.717) is 19.8 Å². The molecule has 0 spiro atoms. The largest absolute Gasteiger partial charge is 0.501 e. The van der Waals surface area contributed by atoms with Crippen LogP contribution in [0.3, 0.4) is 0 Å². The molecule has 0 amide bonds. The van der Waals surface area contributed by atoms with Gasteiger partial charge in [-0.05, 0) is 52.5 Å². The first-order valence-electron chi connectivity index (χ1n) is 8.61. The summed E-state index contributed by atoms with van der Waals surface area (Å²) in [6.45, 7) is 11.9. The third-order valence-electron chi connectivity index (χ3n) is 3.97. The quantitative estimate of drug-likeness (QED) is 0.592. The highest BCUT2D eigenvalue weighted by Gasteiger charge is 2.45. The van der Waals surface area contributed by atoms with Gasteiger partial charge in [0.2, 0.25) is 0 Å². The van der Waals surface area contributed by atoms with Crippen LogP contribution >= 0.6 is 12.4 Å². The van der Waals surface area contributed by atoms with Gasteiger partial charge in [-0.3, -0.25) is 0 Å². The molecule has 1 aromatic rings. The van der Waals surface area contributed by atoms with Crippen LogP contribution in [0.4, 0.5) is 0 Å². The van der Waals surface area contributed by atoms with E-state index >= 15 is 0 Å². The Hall–Kier alpha value is -0.433. The van der Waals surface area contributed by atoms with Crippen molar-refractivity contribution in [1.29, 1.82) is 0 Å². The minimum Gasteiger partial charge on any atom is -0.374 e. The van der Waals surface area contributed by atoms with Crippen LogP contribution in [-0.4, -0.2) is 34.2 Å². The van der Waals surface area contributed by atoms with Crippen LogP contribution in [0, 0.1) is 5.92 Å². The second-order valence-corrected chi connectivity index (χ2v) is 9.03. The predicted octanol–water partition coefficient (Wildman–Crippen LogP) is 4.05. The monoisotopic (exact) mass is 375 g/mol. The Balaban J connectivity index is 0.00000529. The molecule has 0 aliphatic carbocycles. The van der Waals surface area contributed by atoms with Gasteiger partial charge in [-0.2, -0.15) is 0 Å². The van der Waals surface area contributed by atoms with Crippen molar-refractivity contribution in [3.05, 3.63) is 35.9 Å². The minimum atomic E-state index is -2.70. The zero-order valence-corrected chi connectivity index (χ0v) is 17.5. The Morgan fingerprint density at radius 2 is 1.42 bits per heavy atom. The molecule has 140 valence electrons. The van der Waals surface area contributed by atoms with E-state index in [1.807, 2.05) is 26.8 Å². The molecule has 1 rings (SSSR count). The molecule has 0 saturated carbocycles. The third kappa shape index (κ3) is 7.63. The molecule has 1 aromatic carbocycles. The van der Waals surface area contributed by atoms with Crippen LogP contribution in [0.5, 0.6) is 0 Å². The summed E-state index contributed by atoms with van der Waals surface area (Å²) in [6.07, 6.45) is 0.895. The molecule has 2 N–H and O–H groups in total. The molecular weight excluding hydrogens is 342 g/mol. The lowest BCUT2D eigenvalue weighted by molar-refractivity contribution is 0.0634. The first-order chi connectivity index (χ1) is 10.9. The number of rotatable bonds is 11. The van der Waals surface area contributed by atoms with Crippen molar-refractivity contribution >= 4 is 21.2 Å². The van der Waals surface area contributed by atoms with Crippen molar-refractivity contribution in [3.63, 3.8) is 0 Å². The lowest BCUT2D eigenvalue weighted by atomic mass is 9.85. The van der Waals surface area contributed by atoms with Crippen LogP contribution < -0.4 is 5.73 Å². The molecule has 0 aliphatic rings. The van der Waals surface area contributed by atoms with Crippen LogP contribution in [0.2, 0.25) is 6.04 Å². The minimum absolute atomic E-state index is 0. The fraction of sp³-hybridized carbons (Fsp3) is 0.667. The summed E-state index contributed by atoms with van der Waals surface area (Å²) in [5, 5.41) is 0. The Morgan fingerprint density at radius 3 is 1.79 bits per heavy atom. The van der Waals surface area contributed by atoms with Gasteiger partial charge >= 0.3 is 8.80 Å². The molecule has 4 nitrogen and oxygen atoms in total. The van der Waals surface area contributed by atoms with E-state index in [0.717, 1.165) is 12.5 Å². The van der Waals surface area contributed by atoms with E-state index < -0.39 is 8.80 Å². The van der Waals surface area contributed by atoms with Crippen molar-refractivity contribution in [2.75, 3.05) is 19.8 Å². The molecule has 1 atom stereocenters. The van der Waals surface area contributed by atoms with Crippen LogP contribution in [-0.2, 0) is 19.7 Å². The molecule has 0 saturated heterocycles. The Labute approximate surface area is 154 Å². The standard InChI is InChI=1S/C18H33NO3Si.ClH/c1-6-20-23(21-7-2,22-8-3)15-17(18(4,5)19)14-16-12-10-9-11-13-16;/h9-13,17H,6-8,14-15,19H2,1-5H3;1H. The van der Waals surface area contributed by atoms with Crippen molar-refractivity contribution in [1.82, 2.24) is 0 Å². The maximum atomic E-state index is 6.48. The van der Waals surface area contributed by atoms with Gasteiger partial charge in [-0.25, -0.2) is 0 Å². The zero-order chi connectivity index (χ0) is 17.3. The average molecular weight is 376 g/mol. The van der Waals surface area contributed by atoms with Gasteiger partial charge in [-0.1, -0.05) is 30.3 Å². The predicted molar refractivity (Wildman–Crippen MR) is 105 cm³/mol. The molecule has 1 unspecified atom stereocenters. The summed E-state index contributed by atoms with van der Waals surface area (Å²) < 4.78 is 18.0. The second kappa shape index (κ2) is 11.2. The summed E-state index contributed by atoms with van der Waals surface area (Å²) in [6, 6.07) is 11.2. The lowest BCUT2D eigenvalue weighted by Crippen LogP contribution is -2.52. The smallest absolute Gasteiger partial charge is 0.374 e. The Morgan fingerprint density at radius 1 is 0.958 bits per heavy atom. The molecule has 0 aromatic heterocycles. The Kier molecular flexibility index (Phi) is 11.0. The van der Waals surface area contributed by atoms with Crippen molar-refractivity contribution in [2.45, 2.75) is 52.6 Å². The van der Waals surface area contributed by atoms with Gasteiger partial charge in [0.15, 0.2) is 0 Å². The van der Waals surface area contributed by atoms with Crippen molar-refractivity contribution < 1.29 is 13.3 Å². The number of benzene rings is 1. The van der Waals surface area contributed by atoms with Gasteiger partial charge in [0.05, 0.1) is 0 Å². The van der Waals surface area contributed by atoms with Crippen LogP contribution in [0.1, 0.15) is 40.2 Å². The van der Waals surface area contributed by atoms with Crippen molar-refractivity contribution in [3.8, 4) is 0 Å². The summed E-state index contributed by atoms with van der Waals surface area (Å²) in [5.74, 6) is 0.223. The van der Waals surface area contributed by atoms with E-state index in [9.17, 15) is 0 Å². The zero-order valence-electron chi connectivity index (χ0n) is 15.7. The lowest BCUT2D eigenvalue weighted by Gasteiger charge is -2.37. The van der Waals surface area contributed by atoms with Gasteiger partial charge in [0.25, 0.3) is 0 Å². The first kappa shape index (κ1) is 23.6. The van der Waals surface area contributed by atoms with Gasteiger partial charge in [0, 0.05) is 31.4 Å². The SMILES string of the molecule is CCO[Si](CC(Cc1ccccc1)C(C)(C)N)(OCC)OCC.Cl. The highest BCUT2D eigenvalue weighted by Crippen LogP contribution is 2.30. The summed E-state index contributed by atoms with van der Waals surface area (Å²) in [7, 11) is -2.70. The molecular formula is C18H34ClNO3Si. The molecule has 0 bridgehead atoms. The topological polar surface area (TPSA) is 53.7 Å². The highest BCUT2D eigenvalue weighted by atomic mass is 35.5. The number of nitrogens with two attached hydrogens (primary N) is 1. The second-order valence-electron chi connectivity index (χ2n) is 6.39. The van der Waals surface area contributed by atoms with E-state index in [1.165, 1.54) is 5.56 Å². The summed E-state index contributed by atoms with van der Waals surface area (Å²) in [5.41, 5.74) is 7.43. The number of hydrogen-bond donors (Lipinski definition) is 1. The number of hydrogen-bond acceptors (Lipinski definition) is 4. The molecule has 0 heterocycles. The molecule has 6 heteroatoms.